The molecule has 0 radical (unpaired) electrons. The van der Waals surface area contributed by atoms with Crippen molar-refractivity contribution in [1.82, 2.24) is 0 Å². The van der Waals surface area contributed by atoms with Gasteiger partial charge in [0.1, 0.15) is 0 Å². The van der Waals surface area contributed by atoms with E-state index in [1.165, 1.54) is 12.1 Å². The molecule has 6 nitrogen and oxygen atoms in total. The molecule has 0 aromatic heterocycles. The van der Waals surface area contributed by atoms with Gasteiger partial charge in [0, 0.05) is 5.69 Å². The number of hydrogen-bond donors (Lipinski definition) is 2. The normalized spacial score (nSPS) is 11.3. The Kier molecular flexibility index (Phi) is 5.02. The molecule has 2 aromatic carbocycles. The minimum Gasteiger partial charge on any atom is -0.447 e. The van der Waals surface area contributed by atoms with Crippen molar-refractivity contribution in [3.63, 3.8) is 0 Å². The van der Waals surface area contributed by atoms with Crippen LogP contribution in [0.3, 0.4) is 0 Å². The number of benzene rings is 2. The summed E-state index contributed by atoms with van der Waals surface area (Å²) in [6, 6.07) is 12.9. The minimum absolute atomic E-state index is 0.157. The van der Waals surface area contributed by atoms with Crippen molar-refractivity contribution < 1.29 is 22.5 Å². The van der Waals surface area contributed by atoms with E-state index in [4.69, 9.17) is 9.29 Å². The van der Waals surface area contributed by atoms with Gasteiger partial charge in [-0.1, -0.05) is 24.3 Å². The SMILES string of the molecule is CC(C)OC(=O)Nc1ccc(-c2ccc(S(=O)(=O)O)cc2)cc1. The lowest BCUT2D eigenvalue weighted by Gasteiger charge is -2.10. The minimum atomic E-state index is -4.19. The van der Waals surface area contributed by atoms with Gasteiger partial charge in [-0.05, 0) is 49.2 Å². The van der Waals surface area contributed by atoms with Gasteiger partial charge < -0.3 is 4.74 Å². The van der Waals surface area contributed by atoms with Crippen LogP contribution in [0.5, 0.6) is 0 Å². The van der Waals surface area contributed by atoms with E-state index in [1.54, 1.807) is 50.2 Å². The molecule has 23 heavy (non-hydrogen) atoms. The number of carbonyl (C=O) groups excluding carboxylic acids is 1. The average Bonchev–Trinajstić information content (AvgIpc) is 2.46. The van der Waals surface area contributed by atoms with Gasteiger partial charge in [-0.15, -0.1) is 0 Å². The van der Waals surface area contributed by atoms with Gasteiger partial charge in [0.25, 0.3) is 10.1 Å². The molecule has 0 atom stereocenters. The van der Waals surface area contributed by atoms with Crippen molar-refractivity contribution in [3.05, 3.63) is 48.5 Å². The van der Waals surface area contributed by atoms with Gasteiger partial charge in [-0.25, -0.2) is 4.79 Å². The number of carbonyl (C=O) groups is 1. The zero-order valence-corrected chi connectivity index (χ0v) is 13.5. The van der Waals surface area contributed by atoms with Gasteiger partial charge in [0.2, 0.25) is 0 Å². The van der Waals surface area contributed by atoms with E-state index in [0.29, 0.717) is 5.69 Å². The van der Waals surface area contributed by atoms with Crippen LogP contribution in [0.2, 0.25) is 0 Å². The molecular weight excluding hydrogens is 318 g/mol. The van der Waals surface area contributed by atoms with Gasteiger partial charge in [0.15, 0.2) is 0 Å². The summed E-state index contributed by atoms with van der Waals surface area (Å²) in [5, 5.41) is 2.61. The van der Waals surface area contributed by atoms with Crippen LogP contribution in [-0.2, 0) is 14.9 Å². The van der Waals surface area contributed by atoms with Crippen LogP contribution in [-0.4, -0.2) is 25.2 Å². The van der Waals surface area contributed by atoms with E-state index in [9.17, 15) is 13.2 Å². The molecule has 0 saturated heterocycles. The predicted molar refractivity (Wildman–Crippen MR) is 86.9 cm³/mol. The fraction of sp³-hybridized carbons (Fsp3) is 0.188. The Morgan fingerprint density at radius 3 is 1.91 bits per heavy atom. The summed E-state index contributed by atoms with van der Waals surface area (Å²) in [4.78, 5) is 11.3. The molecular formula is C16H17NO5S. The summed E-state index contributed by atoms with van der Waals surface area (Å²) in [6.45, 7) is 3.53. The lowest BCUT2D eigenvalue weighted by molar-refractivity contribution is 0.130. The van der Waals surface area contributed by atoms with E-state index in [1.807, 2.05) is 0 Å². The number of nitrogens with one attached hydrogen (secondary N) is 1. The van der Waals surface area contributed by atoms with Crippen LogP contribution in [0.1, 0.15) is 13.8 Å². The molecule has 2 rings (SSSR count). The van der Waals surface area contributed by atoms with E-state index < -0.39 is 16.2 Å². The van der Waals surface area contributed by atoms with E-state index in [-0.39, 0.29) is 11.0 Å². The fourth-order valence-corrected chi connectivity index (χ4v) is 2.41. The molecule has 0 unspecified atom stereocenters. The van der Waals surface area contributed by atoms with Crippen molar-refractivity contribution >= 4 is 21.9 Å². The maximum absolute atomic E-state index is 11.5. The molecule has 0 saturated carbocycles. The first-order valence-corrected chi connectivity index (χ1v) is 8.35. The fourth-order valence-electron chi connectivity index (χ4n) is 1.93. The van der Waals surface area contributed by atoms with Crippen LogP contribution in [0, 0.1) is 0 Å². The summed E-state index contributed by atoms with van der Waals surface area (Å²) in [7, 11) is -4.19. The van der Waals surface area contributed by atoms with Crippen LogP contribution in [0.4, 0.5) is 10.5 Å². The molecule has 0 spiro atoms. The zero-order valence-electron chi connectivity index (χ0n) is 12.7. The predicted octanol–water partition coefficient (Wildman–Crippen LogP) is 3.56. The molecule has 122 valence electrons. The van der Waals surface area contributed by atoms with Crippen LogP contribution in [0.15, 0.2) is 53.4 Å². The first-order chi connectivity index (χ1) is 10.8. The molecule has 0 aliphatic carbocycles. The molecule has 0 aliphatic rings. The second-order valence-corrected chi connectivity index (χ2v) is 6.58. The summed E-state index contributed by atoms with van der Waals surface area (Å²) in [6.07, 6.45) is -0.721. The average molecular weight is 335 g/mol. The van der Waals surface area contributed by atoms with Crippen molar-refractivity contribution in [2.75, 3.05) is 5.32 Å². The molecule has 7 heteroatoms. The Morgan fingerprint density at radius 1 is 1.00 bits per heavy atom. The largest absolute Gasteiger partial charge is 0.447 e. The Morgan fingerprint density at radius 2 is 1.48 bits per heavy atom. The van der Waals surface area contributed by atoms with E-state index in [0.717, 1.165) is 11.1 Å². The third-order valence-corrected chi connectivity index (χ3v) is 3.83. The van der Waals surface area contributed by atoms with Crippen LogP contribution >= 0.6 is 0 Å². The Hall–Kier alpha value is -2.38. The number of ether oxygens (including phenoxy) is 1. The third-order valence-electron chi connectivity index (χ3n) is 2.96. The van der Waals surface area contributed by atoms with Gasteiger partial charge in [-0.2, -0.15) is 8.42 Å². The summed E-state index contributed by atoms with van der Waals surface area (Å²) in [5.41, 5.74) is 2.22. The van der Waals surface area contributed by atoms with Crippen LogP contribution in [0.25, 0.3) is 11.1 Å². The highest BCUT2D eigenvalue weighted by Crippen LogP contribution is 2.23. The number of rotatable bonds is 4. The number of amides is 1. The Labute approximate surface area is 134 Å². The van der Waals surface area contributed by atoms with Crippen molar-refractivity contribution in [1.29, 1.82) is 0 Å². The standard InChI is InChI=1S/C16H17NO5S/c1-11(2)22-16(18)17-14-7-3-12(4-8-14)13-5-9-15(10-6-13)23(19,20)21/h3-11H,1-2H3,(H,17,18)(H,19,20,21). The number of hydrogen-bond acceptors (Lipinski definition) is 4. The molecule has 0 fully saturated rings. The second kappa shape index (κ2) is 6.80. The van der Waals surface area contributed by atoms with Gasteiger partial charge in [-0.3, -0.25) is 9.87 Å². The summed E-state index contributed by atoms with van der Waals surface area (Å²) in [5.74, 6) is 0. The quantitative estimate of drug-likeness (QED) is 0.833. The first-order valence-electron chi connectivity index (χ1n) is 6.91. The van der Waals surface area contributed by atoms with Gasteiger partial charge >= 0.3 is 6.09 Å². The molecule has 0 aliphatic heterocycles. The Balaban J connectivity index is 2.12. The van der Waals surface area contributed by atoms with Crippen LogP contribution < -0.4 is 5.32 Å². The lowest BCUT2D eigenvalue weighted by Crippen LogP contribution is -2.17. The third kappa shape index (κ3) is 4.80. The molecule has 1 amide bonds. The maximum atomic E-state index is 11.5. The topological polar surface area (TPSA) is 92.7 Å². The molecule has 0 heterocycles. The molecule has 2 aromatic rings. The highest BCUT2D eigenvalue weighted by atomic mass is 32.2. The Bertz CT molecular complexity index is 780. The van der Waals surface area contributed by atoms with Crippen molar-refractivity contribution in [2.24, 2.45) is 0 Å². The maximum Gasteiger partial charge on any atom is 0.411 e. The second-order valence-electron chi connectivity index (χ2n) is 5.16. The number of anilines is 1. The lowest BCUT2D eigenvalue weighted by atomic mass is 10.1. The van der Waals surface area contributed by atoms with Crippen molar-refractivity contribution in [2.45, 2.75) is 24.8 Å². The summed E-state index contributed by atoms with van der Waals surface area (Å²) >= 11 is 0. The summed E-state index contributed by atoms with van der Waals surface area (Å²) < 4.78 is 36.0. The van der Waals surface area contributed by atoms with Crippen molar-refractivity contribution in [3.8, 4) is 11.1 Å². The molecule has 0 bridgehead atoms. The molecule has 2 N–H and O–H groups in total. The van der Waals surface area contributed by atoms with E-state index in [2.05, 4.69) is 5.32 Å². The van der Waals surface area contributed by atoms with E-state index >= 15 is 0 Å². The van der Waals surface area contributed by atoms with Gasteiger partial charge in [0.05, 0.1) is 11.0 Å². The smallest absolute Gasteiger partial charge is 0.411 e. The zero-order chi connectivity index (χ0) is 17.0. The monoisotopic (exact) mass is 335 g/mol. The first kappa shape index (κ1) is 17.0. The highest BCUT2D eigenvalue weighted by molar-refractivity contribution is 7.85. The highest BCUT2D eigenvalue weighted by Gasteiger charge is 2.09.